The summed E-state index contributed by atoms with van der Waals surface area (Å²) in [6.07, 6.45) is 1.63. The molecule has 0 aliphatic heterocycles. The summed E-state index contributed by atoms with van der Waals surface area (Å²) in [6.45, 7) is 5.94. The van der Waals surface area contributed by atoms with Crippen molar-refractivity contribution in [2.75, 3.05) is 12.4 Å². The zero-order chi connectivity index (χ0) is 21.7. The van der Waals surface area contributed by atoms with Gasteiger partial charge in [-0.05, 0) is 41.7 Å². The number of carbonyl (C=O) groups is 2. The Labute approximate surface area is 176 Å². The summed E-state index contributed by atoms with van der Waals surface area (Å²) < 4.78 is 6.77. The fourth-order valence-electron chi connectivity index (χ4n) is 3.38. The van der Waals surface area contributed by atoms with Crippen LogP contribution < -0.4 is 10.1 Å². The van der Waals surface area contributed by atoms with Gasteiger partial charge in [0, 0.05) is 18.7 Å². The van der Waals surface area contributed by atoms with Crippen LogP contribution in [0.1, 0.15) is 58.4 Å². The maximum absolute atomic E-state index is 13.2. The molecule has 2 aromatic carbocycles. The molecule has 0 radical (unpaired) electrons. The fourth-order valence-corrected chi connectivity index (χ4v) is 3.38. The van der Waals surface area contributed by atoms with Gasteiger partial charge in [-0.2, -0.15) is 5.10 Å². The van der Waals surface area contributed by atoms with Crippen molar-refractivity contribution < 1.29 is 14.3 Å². The summed E-state index contributed by atoms with van der Waals surface area (Å²) in [5.74, 6) is 0.296. The summed E-state index contributed by atoms with van der Waals surface area (Å²) in [7, 11) is 1.61. The third kappa shape index (κ3) is 4.59. The number of para-hydroxylation sites is 1. The molecule has 3 aromatic rings. The number of aryl methyl sites for hydroxylation is 2. The van der Waals surface area contributed by atoms with Gasteiger partial charge in [-0.1, -0.05) is 44.2 Å². The van der Waals surface area contributed by atoms with E-state index in [0.717, 1.165) is 41.0 Å². The van der Waals surface area contributed by atoms with E-state index in [0.29, 0.717) is 12.2 Å². The predicted octanol–water partition coefficient (Wildman–Crippen LogP) is 4.52. The summed E-state index contributed by atoms with van der Waals surface area (Å²) in [5, 5.41) is 7.43. The van der Waals surface area contributed by atoms with Gasteiger partial charge in [0.25, 0.3) is 5.91 Å². The maximum atomic E-state index is 13.2. The Balaban J connectivity index is 1.94. The van der Waals surface area contributed by atoms with Gasteiger partial charge in [-0.25, -0.2) is 0 Å². The second-order valence-corrected chi connectivity index (χ2v) is 7.09. The lowest BCUT2D eigenvalue weighted by atomic mass is 10.0. The first-order valence-corrected chi connectivity index (χ1v) is 10.1. The Kier molecular flexibility index (Phi) is 6.67. The Morgan fingerprint density at radius 2 is 1.67 bits per heavy atom. The molecule has 156 valence electrons. The third-order valence-corrected chi connectivity index (χ3v) is 5.10. The van der Waals surface area contributed by atoms with E-state index in [1.165, 1.54) is 6.92 Å². The molecule has 30 heavy (non-hydrogen) atoms. The zero-order valence-electron chi connectivity index (χ0n) is 17.9. The van der Waals surface area contributed by atoms with Crippen molar-refractivity contribution in [2.24, 2.45) is 0 Å². The van der Waals surface area contributed by atoms with E-state index < -0.39 is 0 Å². The van der Waals surface area contributed by atoms with E-state index in [2.05, 4.69) is 24.3 Å². The second kappa shape index (κ2) is 9.39. The van der Waals surface area contributed by atoms with Crippen LogP contribution in [0.5, 0.6) is 5.75 Å². The number of hydrogen-bond acceptors (Lipinski definition) is 4. The molecule has 0 atom stereocenters. The van der Waals surface area contributed by atoms with Crippen LogP contribution >= 0.6 is 0 Å². The molecule has 0 fully saturated rings. The number of rotatable bonds is 8. The number of amides is 1. The first kappa shape index (κ1) is 21.3. The van der Waals surface area contributed by atoms with Crippen molar-refractivity contribution in [2.45, 2.75) is 40.2 Å². The lowest BCUT2D eigenvalue weighted by Crippen LogP contribution is -2.20. The van der Waals surface area contributed by atoms with Crippen molar-refractivity contribution in [1.82, 2.24) is 9.78 Å². The van der Waals surface area contributed by atoms with Crippen LogP contribution in [0.2, 0.25) is 0 Å². The standard InChI is InChI=1S/C24H27N3O3/c1-5-18-8-7-9-19(6-2)23(18)25-24(29)22-14-21(16(3)28)26-27(22)15-17-10-12-20(30-4)13-11-17/h7-14H,5-6,15H2,1-4H3,(H,25,29). The average Bonchev–Trinajstić information content (AvgIpc) is 3.18. The number of carbonyl (C=O) groups excluding carboxylic acids is 2. The number of methoxy groups -OCH3 is 1. The van der Waals surface area contributed by atoms with Crippen LogP contribution in [0.3, 0.4) is 0 Å². The van der Waals surface area contributed by atoms with Gasteiger partial charge in [0.2, 0.25) is 0 Å². The minimum Gasteiger partial charge on any atom is -0.497 e. The number of ketones is 1. The predicted molar refractivity (Wildman–Crippen MR) is 117 cm³/mol. The van der Waals surface area contributed by atoms with Gasteiger partial charge in [-0.3, -0.25) is 14.3 Å². The molecular weight excluding hydrogens is 378 g/mol. The van der Waals surface area contributed by atoms with E-state index in [4.69, 9.17) is 4.74 Å². The number of hydrogen-bond donors (Lipinski definition) is 1. The van der Waals surface area contributed by atoms with Crippen molar-refractivity contribution in [3.05, 3.63) is 76.6 Å². The number of Topliss-reactive ketones (excluding diaryl/α,β-unsaturated/α-hetero) is 1. The Bertz CT molecular complexity index is 1030. The van der Waals surface area contributed by atoms with E-state index in [9.17, 15) is 9.59 Å². The highest BCUT2D eigenvalue weighted by molar-refractivity contribution is 6.05. The maximum Gasteiger partial charge on any atom is 0.273 e. The summed E-state index contributed by atoms with van der Waals surface area (Å²) in [4.78, 5) is 25.1. The van der Waals surface area contributed by atoms with Crippen molar-refractivity contribution in [3.63, 3.8) is 0 Å². The molecule has 1 aromatic heterocycles. The molecule has 6 nitrogen and oxygen atoms in total. The zero-order valence-corrected chi connectivity index (χ0v) is 17.9. The minimum absolute atomic E-state index is 0.180. The Morgan fingerprint density at radius 3 is 2.20 bits per heavy atom. The van der Waals surface area contributed by atoms with Crippen molar-refractivity contribution in [1.29, 1.82) is 0 Å². The molecule has 0 aliphatic carbocycles. The average molecular weight is 405 g/mol. The summed E-state index contributed by atoms with van der Waals surface area (Å²) >= 11 is 0. The van der Waals surface area contributed by atoms with Crippen LogP contribution in [0.25, 0.3) is 0 Å². The van der Waals surface area contributed by atoms with Crippen LogP contribution in [0.4, 0.5) is 5.69 Å². The summed E-state index contributed by atoms with van der Waals surface area (Å²) in [6, 6.07) is 15.1. The van der Waals surface area contributed by atoms with E-state index >= 15 is 0 Å². The second-order valence-electron chi connectivity index (χ2n) is 7.09. The lowest BCUT2D eigenvalue weighted by molar-refractivity contribution is 0.100. The molecule has 0 saturated carbocycles. The molecule has 0 aliphatic rings. The minimum atomic E-state index is -0.279. The Hall–Kier alpha value is -3.41. The first-order valence-electron chi connectivity index (χ1n) is 10.1. The topological polar surface area (TPSA) is 73.2 Å². The number of anilines is 1. The molecular formula is C24H27N3O3. The van der Waals surface area contributed by atoms with Crippen LogP contribution in [-0.4, -0.2) is 28.6 Å². The number of nitrogens with one attached hydrogen (secondary N) is 1. The van der Waals surface area contributed by atoms with Crippen LogP contribution in [0, 0.1) is 0 Å². The Morgan fingerprint density at radius 1 is 1.03 bits per heavy atom. The highest BCUT2D eigenvalue weighted by Crippen LogP contribution is 2.24. The van der Waals surface area contributed by atoms with Gasteiger partial charge in [-0.15, -0.1) is 0 Å². The summed E-state index contributed by atoms with van der Waals surface area (Å²) in [5.41, 5.74) is 4.57. The molecule has 6 heteroatoms. The quantitative estimate of drug-likeness (QED) is 0.559. The fraction of sp³-hybridized carbons (Fsp3) is 0.292. The van der Waals surface area contributed by atoms with Crippen molar-refractivity contribution >= 4 is 17.4 Å². The van der Waals surface area contributed by atoms with Gasteiger partial charge in [0.1, 0.15) is 17.1 Å². The van der Waals surface area contributed by atoms with Gasteiger partial charge in [0.15, 0.2) is 5.78 Å². The molecule has 1 amide bonds. The highest BCUT2D eigenvalue weighted by atomic mass is 16.5. The van der Waals surface area contributed by atoms with E-state index in [1.807, 2.05) is 42.5 Å². The number of nitrogens with zero attached hydrogens (tertiary/aromatic N) is 2. The largest absolute Gasteiger partial charge is 0.497 e. The first-order chi connectivity index (χ1) is 14.5. The molecule has 1 N–H and O–H groups in total. The van der Waals surface area contributed by atoms with Crippen LogP contribution in [0.15, 0.2) is 48.5 Å². The molecule has 0 bridgehead atoms. The van der Waals surface area contributed by atoms with Gasteiger partial charge < -0.3 is 10.1 Å². The van der Waals surface area contributed by atoms with Gasteiger partial charge in [0.05, 0.1) is 13.7 Å². The lowest BCUT2D eigenvalue weighted by Gasteiger charge is -2.15. The monoisotopic (exact) mass is 405 g/mol. The van der Waals surface area contributed by atoms with Crippen molar-refractivity contribution in [3.8, 4) is 5.75 Å². The number of ether oxygens (including phenoxy) is 1. The van der Waals surface area contributed by atoms with Crippen LogP contribution in [-0.2, 0) is 19.4 Å². The molecule has 0 unspecified atom stereocenters. The molecule has 1 heterocycles. The van der Waals surface area contributed by atoms with E-state index in [1.54, 1.807) is 17.9 Å². The number of benzene rings is 2. The normalized spacial score (nSPS) is 10.7. The third-order valence-electron chi connectivity index (χ3n) is 5.10. The highest BCUT2D eigenvalue weighted by Gasteiger charge is 2.19. The molecule has 0 spiro atoms. The smallest absolute Gasteiger partial charge is 0.273 e. The van der Waals surface area contributed by atoms with E-state index in [-0.39, 0.29) is 17.4 Å². The van der Waals surface area contributed by atoms with Gasteiger partial charge >= 0.3 is 0 Å². The molecule has 0 saturated heterocycles. The molecule has 3 rings (SSSR count). The SMILES string of the molecule is CCc1cccc(CC)c1NC(=O)c1cc(C(C)=O)nn1Cc1ccc(OC)cc1. The number of aromatic nitrogens is 2.